The van der Waals surface area contributed by atoms with Crippen LogP contribution in [0.2, 0.25) is 0 Å². The van der Waals surface area contributed by atoms with E-state index in [1.807, 2.05) is 0 Å². The monoisotopic (exact) mass is 327 g/mol. The Morgan fingerprint density at radius 3 is 2.33 bits per heavy atom. The van der Waals surface area contributed by atoms with E-state index in [0.29, 0.717) is 22.6 Å². The number of aliphatic carboxylic acids is 1. The number of hydrogen-bond donors (Lipinski definition) is 2. The Labute approximate surface area is 139 Å². The Morgan fingerprint density at radius 2 is 1.75 bits per heavy atom. The Hall–Kier alpha value is -3.28. The van der Waals surface area contributed by atoms with Gasteiger partial charge in [0, 0.05) is 17.2 Å². The van der Waals surface area contributed by atoms with Crippen molar-refractivity contribution < 1.29 is 24.2 Å². The van der Waals surface area contributed by atoms with Crippen LogP contribution in [0.15, 0.2) is 54.2 Å². The summed E-state index contributed by atoms with van der Waals surface area (Å²) in [5.41, 5.74) is 0.614. The summed E-state index contributed by atoms with van der Waals surface area (Å²) in [6.45, 7) is 0. The molecule has 0 heterocycles. The SMILES string of the molecule is COc1ccc(/C=C(/NC(=O)c2ccccc2)C(=O)O)c(OC)c1. The first kappa shape index (κ1) is 17.1. The van der Waals surface area contributed by atoms with E-state index in [1.165, 1.54) is 20.3 Å². The lowest BCUT2D eigenvalue weighted by molar-refractivity contribution is -0.132. The van der Waals surface area contributed by atoms with Crippen LogP contribution >= 0.6 is 0 Å². The van der Waals surface area contributed by atoms with Gasteiger partial charge < -0.3 is 19.9 Å². The number of hydrogen-bond acceptors (Lipinski definition) is 4. The Balaban J connectivity index is 2.32. The standard InChI is InChI=1S/C18H17NO5/c1-23-14-9-8-13(16(11-14)24-2)10-15(18(21)22)19-17(20)12-6-4-3-5-7-12/h3-11H,1-2H3,(H,19,20)(H,21,22)/b15-10+. The smallest absolute Gasteiger partial charge is 0.352 e. The fourth-order valence-corrected chi connectivity index (χ4v) is 2.03. The molecule has 0 aliphatic rings. The number of amides is 1. The number of carbonyl (C=O) groups excluding carboxylic acids is 1. The first-order valence-corrected chi connectivity index (χ1v) is 7.08. The maximum Gasteiger partial charge on any atom is 0.352 e. The average molecular weight is 327 g/mol. The minimum atomic E-state index is -1.25. The molecule has 0 atom stereocenters. The summed E-state index contributed by atoms with van der Waals surface area (Å²) in [4.78, 5) is 23.6. The van der Waals surface area contributed by atoms with Gasteiger partial charge in [0.1, 0.15) is 17.2 Å². The van der Waals surface area contributed by atoms with Crippen LogP contribution in [0.1, 0.15) is 15.9 Å². The lowest BCUT2D eigenvalue weighted by Gasteiger charge is -2.10. The lowest BCUT2D eigenvalue weighted by Crippen LogP contribution is -2.27. The zero-order chi connectivity index (χ0) is 17.5. The number of benzene rings is 2. The van der Waals surface area contributed by atoms with E-state index in [-0.39, 0.29) is 5.70 Å². The molecule has 6 nitrogen and oxygen atoms in total. The summed E-state index contributed by atoms with van der Waals surface area (Å²) in [5.74, 6) is -0.745. The van der Waals surface area contributed by atoms with Gasteiger partial charge in [0.15, 0.2) is 0 Å². The summed E-state index contributed by atoms with van der Waals surface area (Å²) < 4.78 is 10.3. The van der Waals surface area contributed by atoms with E-state index in [2.05, 4.69) is 5.32 Å². The highest BCUT2D eigenvalue weighted by Gasteiger charge is 2.14. The van der Waals surface area contributed by atoms with Crippen LogP contribution in [-0.2, 0) is 4.79 Å². The topological polar surface area (TPSA) is 84.9 Å². The van der Waals surface area contributed by atoms with E-state index >= 15 is 0 Å². The molecule has 24 heavy (non-hydrogen) atoms. The normalized spacial score (nSPS) is 10.8. The first-order chi connectivity index (χ1) is 11.5. The molecule has 0 aliphatic heterocycles. The second-order valence-electron chi connectivity index (χ2n) is 4.79. The molecule has 124 valence electrons. The second-order valence-corrected chi connectivity index (χ2v) is 4.79. The minimum Gasteiger partial charge on any atom is -0.497 e. The molecule has 1 amide bonds. The van der Waals surface area contributed by atoms with Gasteiger partial charge in [0.25, 0.3) is 5.91 Å². The third-order valence-electron chi connectivity index (χ3n) is 3.26. The van der Waals surface area contributed by atoms with E-state index in [9.17, 15) is 14.7 Å². The molecule has 2 rings (SSSR count). The highest BCUT2D eigenvalue weighted by atomic mass is 16.5. The zero-order valence-electron chi connectivity index (χ0n) is 13.3. The third-order valence-corrected chi connectivity index (χ3v) is 3.26. The Bertz CT molecular complexity index is 768. The van der Waals surface area contributed by atoms with E-state index in [4.69, 9.17) is 9.47 Å². The molecule has 6 heteroatoms. The van der Waals surface area contributed by atoms with Gasteiger partial charge in [-0.2, -0.15) is 0 Å². The van der Waals surface area contributed by atoms with Crippen LogP contribution in [-0.4, -0.2) is 31.2 Å². The molecule has 0 aliphatic carbocycles. The van der Waals surface area contributed by atoms with Crippen molar-refractivity contribution in [2.75, 3.05) is 14.2 Å². The summed E-state index contributed by atoms with van der Waals surface area (Å²) in [5, 5.41) is 11.7. The molecule has 2 N–H and O–H groups in total. The van der Waals surface area contributed by atoms with Crippen LogP contribution in [0.25, 0.3) is 6.08 Å². The maximum atomic E-state index is 12.1. The second kappa shape index (κ2) is 7.82. The molecule has 0 radical (unpaired) electrons. The van der Waals surface area contributed by atoms with Gasteiger partial charge in [-0.25, -0.2) is 4.79 Å². The van der Waals surface area contributed by atoms with Gasteiger partial charge in [0.2, 0.25) is 0 Å². The lowest BCUT2D eigenvalue weighted by atomic mass is 10.1. The van der Waals surface area contributed by atoms with Crippen LogP contribution in [0, 0.1) is 0 Å². The van der Waals surface area contributed by atoms with Crippen molar-refractivity contribution in [2.45, 2.75) is 0 Å². The number of carboxylic acid groups (broad SMARTS) is 1. The van der Waals surface area contributed by atoms with Crippen LogP contribution < -0.4 is 14.8 Å². The number of methoxy groups -OCH3 is 2. The molecule has 0 aromatic heterocycles. The zero-order valence-corrected chi connectivity index (χ0v) is 13.3. The highest BCUT2D eigenvalue weighted by molar-refractivity contribution is 6.02. The Morgan fingerprint density at radius 1 is 1.04 bits per heavy atom. The third kappa shape index (κ3) is 4.13. The van der Waals surface area contributed by atoms with Crippen LogP contribution in [0.5, 0.6) is 11.5 Å². The number of rotatable bonds is 6. The van der Waals surface area contributed by atoms with Gasteiger partial charge in [0.05, 0.1) is 14.2 Å². The van der Waals surface area contributed by atoms with Crippen molar-refractivity contribution in [2.24, 2.45) is 0 Å². The predicted molar refractivity (Wildman–Crippen MR) is 89.1 cm³/mol. The van der Waals surface area contributed by atoms with Crippen molar-refractivity contribution in [1.82, 2.24) is 5.32 Å². The number of carboxylic acids is 1. The molecule has 0 bridgehead atoms. The predicted octanol–water partition coefficient (Wildman–Crippen LogP) is 2.56. The van der Waals surface area contributed by atoms with Gasteiger partial charge in [-0.1, -0.05) is 18.2 Å². The minimum absolute atomic E-state index is 0.257. The molecular weight excluding hydrogens is 310 g/mol. The van der Waals surface area contributed by atoms with Gasteiger partial charge in [-0.15, -0.1) is 0 Å². The van der Waals surface area contributed by atoms with E-state index < -0.39 is 11.9 Å². The summed E-state index contributed by atoms with van der Waals surface area (Å²) in [7, 11) is 2.99. The van der Waals surface area contributed by atoms with Crippen LogP contribution in [0.4, 0.5) is 0 Å². The fourth-order valence-electron chi connectivity index (χ4n) is 2.03. The Kier molecular flexibility index (Phi) is 5.57. The highest BCUT2D eigenvalue weighted by Crippen LogP contribution is 2.26. The maximum absolute atomic E-state index is 12.1. The van der Waals surface area contributed by atoms with Crippen molar-refractivity contribution in [3.05, 3.63) is 65.4 Å². The molecule has 0 saturated heterocycles. The van der Waals surface area contributed by atoms with Gasteiger partial charge in [-0.3, -0.25) is 4.79 Å². The molecular formula is C18H17NO5. The van der Waals surface area contributed by atoms with Gasteiger partial charge >= 0.3 is 5.97 Å². The number of ether oxygens (including phenoxy) is 2. The van der Waals surface area contributed by atoms with Gasteiger partial charge in [-0.05, 0) is 30.3 Å². The molecule has 2 aromatic carbocycles. The summed E-state index contributed by atoms with van der Waals surface area (Å²) in [6, 6.07) is 13.3. The summed E-state index contributed by atoms with van der Waals surface area (Å²) in [6.07, 6.45) is 1.33. The van der Waals surface area contributed by atoms with Crippen molar-refractivity contribution >= 4 is 18.0 Å². The molecule has 0 spiro atoms. The molecule has 0 fully saturated rings. The van der Waals surface area contributed by atoms with Crippen LogP contribution in [0.3, 0.4) is 0 Å². The number of nitrogens with one attached hydrogen (secondary N) is 1. The van der Waals surface area contributed by atoms with E-state index in [0.717, 1.165) is 0 Å². The van der Waals surface area contributed by atoms with Crippen molar-refractivity contribution in [3.8, 4) is 11.5 Å². The number of carbonyl (C=O) groups is 2. The molecule has 0 saturated carbocycles. The summed E-state index contributed by atoms with van der Waals surface area (Å²) >= 11 is 0. The first-order valence-electron chi connectivity index (χ1n) is 7.08. The van der Waals surface area contributed by atoms with E-state index in [1.54, 1.807) is 48.5 Å². The largest absolute Gasteiger partial charge is 0.497 e. The molecule has 0 unspecified atom stereocenters. The quantitative estimate of drug-likeness (QED) is 0.797. The molecule has 2 aromatic rings. The van der Waals surface area contributed by atoms with Crippen molar-refractivity contribution in [1.29, 1.82) is 0 Å². The average Bonchev–Trinajstić information content (AvgIpc) is 2.61. The van der Waals surface area contributed by atoms with Crippen molar-refractivity contribution in [3.63, 3.8) is 0 Å². The fraction of sp³-hybridized carbons (Fsp3) is 0.111.